The van der Waals surface area contributed by atoms with Gasteiger partial charge in [-0.2, -0.15) is 0 Å². The summed E-state index contributed by atoms with van der Waals surface area (Å²) in [4.78, 5) is 23.5. The minimum absolute atomic E-state index is 0.194. The van der Waals surface area contributed by atoms with E-state index in [0.29, 0.717) is 33.0 Å². The Morgan fingerprint density at radius 3 is 2.11 bits per heavy atom. The molecule has 0 unspecified atom stereocenters. The monoisotopic (exact) mass is 273 g/mol. The van der Waals surface area contributed by atoms with E-state index in [1.165, 1.54) is 12.2 Å². The Hall–Kier alpha value is -1.28. The predicted molar refractivity (Wildman–Crippen MR) is 65.3 cm³/mol. The molecule has 0 radical (unpaired) electrons. The van der Waals surface area contributed by atoms with Gasteiger partial charge in [-0.25, -0.2) is 0 Å². The van der Waals surface area contributed by atoms with E-state index in [9.17, 15) is 9.59 Å². The number of rotatable bonds is 11. The van der Waals surface area contributed by atoms with Crippen LogP contribution in [0.2, 0.25) is 0 Å². The van der Waals surface area contributed by atoms with Gasteiger partial charge in [-0.15, -0.1) is 0 Å². The van der Waals surface area contributed by atoms with Crippen LogP contribution in [0.5, 0.6) is 0 Å². The zero-order chi connectivity index (χ0) is 13.9. The summed E-state index contributed by atoms with van der Waals surface area (Å²) in [6.45, 7) is 2.56. The predicted octanol–water partition coefficient (Wildman–Crippen LogP) is -0.435. The van der Waals surface area contributed by atoms with E-state index in [-0.39, 0.29) is 25.2 Å². The molecule has 0 saturated heterocycles. The first kappa shape index (κ1) is 15.8. The summed E-state index contributed by atoms with van der Waals surface area (Å²) in [6, 6.07) is 0. The molecule has 19 heavy (non-hydrogen) atoms. The van der Waals surface area contributed by atoms with E-state index >= 15 is 0 Å². The first-order valence-electron chi connectivity index (χ1n) is 6.01. The van der Waals surface area contributed by atoms with Crippen molar-refractivity contribution < 1.29 is 28.5 Å². The molecule has 0 aliphatic carbocycles. The SMILES string of the molecule is COCCOCOCCOCCN1C(=O)C=CC1=O. The highest BCUT2D eigenvalue weighted by atomic mass is 16.7. The van der Waals surface area contributed by atoms with Crippen LogP contribution in [0.25, 0.3) is 0 Å². The number of nitrogens with zero attached hydrogens (tertiary/aromatic N) is 1. The third-order valence-electron chi connectivity index (χ3n) is 2.33. The standard InChI is InChI=1S/C12H19NO6/c1-16-6-7-18-10-19-9-8-17-5-4-13-11(14)2-3-12(13)15/h2-3H,4-10H2,1H3. The fourth-order valence-corrected chi connectivity index (χ4v) is 1.35. The topological polar surface area (TPSA) is 74.3 Å². The first-order valence-corrected chi connectivity index (χ1v) is 6.01. The average Bonchev–Trinajstić information content (AvgIpc) is 2.72. The third kappa shape index (κ3) is 6.44. The Bertz CT molecular complexity index is 299. The van der Waals surface area contributed by atoms with Crippen LogP contribution in [-0.2, 0) is 28.5 Å². The zero-order valence-electron chi connectivity index (χ0n) is 11.0. The molecule has 0 aromatic rings. The summed E-state index contributed by atoms with van der Waals surface area (Å²) in [7, 11) is 1.60. The second kappa shape index (κ2) is 9.62. The number of hydrogen-bond donors (Lipinski definition) is 0. The van der Waals surface area contributed by atoms with Gasteiger partial charge in [0.05, 0.1) is 39.6 Å². The molecule has 2 amide bonds. The number of carbonyl (C=O) groups is 2. The molecular weight excluding hydrogens is 254 g/mol. The molecule has 108 valence electrons. The summed E-state index contributed by atoms with van der Waals surface area (Å²) in [5.41, 5.74) is 0. The van der Waals surface area contributed by atoms with Crippen molar-refractivity contribution in [1.29, 1.82) is 0 Å². The smallest absolute Gasteiger partial charge is 0.253 e. The van der Waals surface area contributed by atoms with Gasteiger partial charge in [-0.3, -0.25) is 14.5 Å². The van der Waals surface area contributed by atoms with Crippen LogP contribution in [0.1, 0.15) is 0 Å². The first-order chi connectivity index (χ1) is 9.25. The van der Waals surface area contributed by atoms with Gasteiger partial charge in [0, 0.05) is 19.3 Å². The average molecular weight is 273 g/mol. The zero-order valence-corrected chi connectivity index (χ0v) is 11.0. The maximum atomic E-state index is 11.2. The normalized spacial score (nSPS) is 14.7. The lowest BCUT2D eigenvalue weighted by Gasteiger charge is -2.13. The highest BCUT2D eigenvalue weighted by Gasteiger charge is 2.22. The van der Waals surface area contributed by atoms with Crippen molar-refractivity contribution in [3.05, 3.63) is 12.2 Å². The van der Waals surface area contributed by atoms with Crippen LogP contribution in [0.3, 0.4) is 0 Å². The Balaban J connectivity index is 1.86. The molecular formula is C12H19NO6. The van der Waals surface area contributed by atoms with E-state index in [4.69, 9.17) is 18.9 Å². The Kier molecular flexibility index (Phi) is 7.99. The van der Waals surface area contributed by atoms with Crippen LogP contribution in [0.15, 0.2) is 12.2 Å². The molecule has 0 spiro atoms. The van der Waals surface area contributed by atoms with Gasteiger partial charge in [-0.05, 0) is 0 Å². The Morgan fingerprint density at radius 2 is 1.47 bits per heavy atom. The number of hydrogen-bond acceptors (Lipinski definition) is 6. The largest absolute Gasteiger partial charge is 0.382 e. The molecule has 0 fully saturated rings. The van der Waals surface area contributed by atoms with E-state index in [0.717, 1.165) is 4.90 Å². The lowest BCUT2D eigenvalue weighted by Crippen LogP contribution is -2.33. The minimum Gasteiger partial charge on any atom is -0.382 e. The lowest BCUT2D eigenvalue weighted by atomic mass is 10.5. The van der Waals surface area contributed by atoms with Gasteiger partial charge in [0.15, 0.2) is 0 Å². The van der Waals surface area contributed by atoms with Gasteiger partial charge in [0.25, 0.3) is 11.8 Å². The summed E-state index contributed by atoms with van der Waals surface area (Å²) >= 11 is 0. The van der Waals surface area contributed by atoms with Gasteiger partial charge in [0.2, 0.25) is 0 Å². The molecule has 1 rings (SSSR count). The number of amides is 2. The maximum Gasteiger partial charge on any atom is 0.253 e. The maximum absolute atomic E-state index is 11.2. The van der Waals surface area contributed by atoms with Crippen molar-refractivity contribution in [1.82, 2.24) is 4.90 Å². The minimum atomic E-state index is -0.295. The summed E-state index contributed by atoms with van der Waals surface area (Å²) in [6.07, 6.45) is 2.51. The van der Waals surface area contributed by atoms with Crippen molar-refractivity contribution >= 4 is 11.8 Å². The van der Waals surface area contributed by atoms with Crippen molar-refractivity contribution in [2.75, 3.05) is 53.5 Å². The van der Waals surface area contributed by atoms with Crippen molar-refractivity contribution in [2.24, 2.45) is 0 Å². The fraction of sp³-hybridized carbons (Fsp3) is 0.667. The van der Waals surface area contributed by atoms with Crippen molar-refractivity contribution in [2.45, 2.75) is 0 Å². The number of ether oxygens (including phenoxy) is 4. The molecule has 0 atom stereocenters. The van der Waals surface area contributed by atoms with Crippen LogP contribution >= 0.6 is 0 Å². The number of carbonyl (C=O) groups excluding carboxylic acids is 2. The van der Waals surface area contributed by atoms with Crippen LogP contribution in [0, 0.1) is 0 Å². The van der Waals surface area contributed by atoms with Crippen LogP contribution < -0.4 is 0 Å². The molecule has 7 nitrogen and oxygen atoms in total. The molecule has 0 N–H and O–H groups in total. The van der Waals surface area contributed by atoms with Gasteiger partial charge in [0.1, 0.15) is 6.79 Å². The highest BCUT2D eigenvalue weighted by molar-refractivity contribution is 6.12. The fourth-order valence-electron chi connectivity index (χ4n) is 1.35. The second-order valence-corrected chi connectivity index (χ2v) is 3.70. The molecule has 0 aromatic heterocycles. The van der Waals surface area contributed by atoms with Gasteiger partial charge < -0.3 is 18.9 Å². The summed E-state index contributed by atoms with van der Waals surface area (Å²) in [5, 5.41) is 0. The molecule has 1 aliphatic heterocycles. The Morgan fingerprint density at radius 1 is 0.895 bits per heavy atom. The molecule has 1 heterocycles. The van der Waals surface area contributed by atoms with Gasteiger partial charge in [-0.1, -0.05) is 0 Å². The summed E-state index contributed by atoms with van der Waals surface area (Å²) in [5.74, 6) is -0.590. The lowest BCUT2D eigenvalue weighted by molar-refractivity contribution is -0.137. The molecule has 0 bridgehead atoms. The second-order valence-electron chi connectivity index (χ2n) is 3.70. The van der Waals surface area contributed by atoms with E-state index < -0.39 is 0 Å². The number of imide groups is 1. The van der Waals surface area contributed by atoms with Crippen LogP contribution in [-0.4, -0.2) is 70.2 Å². The van der Waals surface area contributed by atoms with Crippen molar-refractivity contribution in [3.63, 3.8) is 0 Å². The third-order valence-corrected chi connectivity index (χ3v) is 2.33. The quantitative estimate of drug-likeness (QED) is 0.289. The molecule has 0 saturated carbocycles. The van der Waals surface area contributed by atoms with E-state index in [1.807, 2.05) is 0 Å². The van der Waals surface area contributed by atoms with E-state index in [2.05, 4.69) is 0 Å². The number of methoxy groups -OCH3 is 1. The highest BCUT2D eigenvalue weighted by Crippen LogP contribution is 2.02. The Labute approximate surface area is 112 Å². The molecule has 1 aliphatic rings. The van der Waals surface area contributed by atoms with E-state index in [1.54, 1.807) is 7.11 Å². The van der Waals surface area contributed by atoms with Gasteiger partial charge >= 0.3 is 0 Å². The summed E-state index contributed by atoms with van der Waals surface area (Å²) < 4.78 is 20.3. The van der Waals surface area contributed by atoms with Crippen molar-refractivity contribution in [3.8, 4) is 0 Å². The van der Waals surface area contributed by atoms with Crippen LogP contribution in [0.4, 0.5) is 0 Å². The molecule has 0 aromatic carbocycles. The molecule has 7 heteroatoms.